The molecule has 0 aliphatic carbocycles. The van der Waals surface area contributed by atoms with Crippen molar-refractivity contribution >= 4 is 54.1 Å². The summed E-state index contributed by atoms with van der Waals surface area (Å²) in [5.74, 6) is 1.56. The fraction of sp³-hybridized carbons (Fsp3) is 0. The summed E-state index contributed by atoms with van der Waals surface area (Å²) in [6.07, 6.45) is 0. The average molecular weight is 548 g/mol. The van der Waals surface area contributed by atoms with Crippen molar-refractivity contribution in [1.82, 2.24) is 14.5 Å². The highest BCUT2D eigenvalue weighted by atomic mass is 15.1. The van der Waals surface area contributed by atoms with Gasteiger partial charge in [0.05, 0.1) is 16.7 Å². The fourth-order valence-electron chi connectivity index (χ4n) is 6.64. The lowest BCUT2D eigenvalue weighted by Crippen LogP contribution is -2.02. The summed E-state index contributed by atoms with van der Waals surface area (Å²) < 4.78 is 2.31. The van der Waals surface area contributed by atoms with E-state index in [0.717, 1.165) is 33.7 Å². The molecule has 0 unspecified atom stereocenters. The molecule has 9 rings (SSSR count). The maximum absolute atomic E-state index is 5.21. The topological polar surface area (TPSA) is 30.7 Å². The van der Waals surface area contributed by atoms with Gasteiger partial charge in [-0.05, 0) is 44.5 Å². The molecule has 0 atom stereocenters. The van der Waals surface area contributed by atoms with E-state index in [2.05, 4.69) is 132 Å². The van der Waals surface area contributed by atoms with Crippen LogP contribution in [0.3, 0.4) is 0 Å². The number of benzene rings is 7. The minimum atomic E-state index is 0.709. The van der Waals surface area contributed by atoms with Crippen molar-refractivity contribution in [3.05, 3.63) is 152 Å². The molecule has 9 aromatic rings. The van der Waals surface area contributed by atoms with Crippen LogP contribution in [-0.4, -0.2) is 14.5 Å². The predicted molar refractivity (Wildman–Crippen MR) is 180 cm³/mol. The first-order valence-corrected chi connectivity index (χ1v) is 14.6. The molecule has 0 saturated heterocycles. The van der Waals surface area contributed by atoms with Crippen molar-refractivity contribution < 1.29 is 0 Å². The van der Waals surface area contributed by atoms with Gasteiger partial charge in [0.1, 0.15) is 5.82 Å². The fourth-order valence-corrected chi connectivity index (χ4v) is 6.64. The monoisotopic (exact) mass is 547 g/mol. The maximum atomic E-state index is 5.21. The summed E-state index contributed by atoms with van der Waals surface area (Å²) in [7, 11) is 0. The van der Waals surface area contributed by atoms with Crippen molar-refractivity contribution in [2.75, 3.05) is 0 Å². The summed E-state index contributed by atoms with van der Waals surface area (Å²) in [6.45, 7) is 0. The zero-order valence-corrected chi connectivity index (χ0v) is 23.3. The molecule has 0 bridgehead atoms. The largest absolute Gasteiger partial charge is 0.294 e. The van der Waals surface area contributed by atoms with E-state index in [0.29, 0.717) is 5.82 Å². The number of aromatic nitrogens is 3. The minimum absolute atomic E-state index is 0.709. The van der Waals surface area contributed by atoms with Crippen LogP contribution in [0.15, 0.2) is 152 Å². The summed E-state index contributed by atoms with van der Waals surface area (Å²) in [5.41, 5.74) is 5.21. The Morgan fingerprint density at radius 1 is 0.395 bits per heavy atom. The van der Waals surface area contributed by atoms with E-state index in [-0.39, 0.29) is 0 Å². The highest BCUT2D eigenvalue weighted by Crippen LogP contribution is 2.41. The smallest absolute Gasteiger partial charge is 0.162 e. The Labute approximate surface area is 248 Å². The van der Waals surface area contributed by atoms with E-state index in [1.807, 2.05) is 24.3 Å². The lowest BCUT2D eigenvalue weighted by Gasteiger charge is -2.13. The van der Waals surface area contributed by atoms with E-state index in [1.165, 1.54) is 43.1 Å². The van der Waals surface area contributed by atoms with Crippen LogP contribution < -0.4 is 0 Å². The third-order valence-electron chi connectivity index (χ3n) is 8.58. The molecule has 2 heterocycles. The molecule has 0 amide bonds. The predicted octanol–water partition coefficient (Wildman–Crippen LogP) is 10.4. The first kappa shape index (κ1) is 23.9. The molecule has 200 valence electrons. The van der Waals surface area contributed by atoms with Gasteiger partial charge in [0.2, 0.25) is 0 Å². The highest BCUT2D eigenvalue weighted by Gasteiger charge is 2.19. The number of hydrogen-bond donors (Lipinski definition) is 0. The second kappa shape index (κ2) is 9.37. The molecule has 7 aromatic carbocycles. The van der Waals surface area contributed by atoms with Gasteiger partial charge in [0.15, 0.2) is 5.82 Å². The Morgan fingerprint density at radius 2 is 1.05 bits per heavy atom. The molecule has 2 aromatic heterocycles. The van der Waals surface area contributed by atoms with Crippen molar-refractivity contribution in [1.29, 1.82) is 0 Å². The Balaban J connectivity index is 1.42. The van der Waals surface area contributed by atoms with Crippen molar-refractivity contribution in [2.45, 2.75) is 0 Å². The lowest BCUT2D eigenvalue weighted by molar-refractivity contribution is 1.05. The molecule has 0 N–H and O–H groups in total. The first-order valence-electron chi connectivity index (χ1n) is 14.6. The van der Waals surface area contributed by atoms with E-state index in [1.54, 1.807) is 0 Å². The maximum Gasteiger partial charge on any atom is 0.162 e. The van der Waals surface area contributed by atoms with Crippen molar-refractivity contribution in [3.8, 4) is 28.5 Å². The van der Waals surface area contributed by atoms with Crippen LogP contribution in [0.2, 0.25) is 0 Å². The Kier molecular flexibility index (Phi) is 5.20. The average Bonchev–Trinajstić information content (AvgIpc) is 3.43. The van der Waals surface area contributed by atoms with Gasteiger partial charge in [-0.25, -0.2) is 9.97 Å². The van der Waals surface area contributed by atoms with Crippen LogP contribution >= 0.6 is 0 Å². The van der Waals surface area contributed by atoms with Crippen molar-refractivity contribution in [2.24, 2.45) is 0 Å². The molecule has 0 saturated carbocycles. The van der Waals surface area contributed by atoms with Gasteiger partial charge < -0.3 is 0 Å². The molecule has 0 spiro atoms. The quantitative estimate of drug-likeness (QED) is 0.206. The lowest BCUT2D eigenvalue weighted by atomic mass is 9.94. The summed E-state index contributed by atoms with van der Waals surface area (Å²) >= 11 is 0. The Morgan fingerprint density at radius 3 is 1.88 bits per heavy atom. The molecule has 3 heteroatoms. The number of nitrogens with zero attached hydrogens (tertiary/aromatic N) is 3. The zero-order chi connectivity index (χ0) is 28.3. The number of fused-ring (bicyclic) bond motifs is 9. The normalized spacial score (nSPS) is 11.7. The first-order chi connectivity index (χ1) is 21.3. The molecule has 0 fully saturated rings. The molecule has 0 aliphatic heterocycles. The Hall–Kier alpha value is -5.80. The van der Waals surface area contributed by atoms with Gasteiger partial charge in [-0.3, -0.25) is 4.57 Å². The van der Waals surface area contributed by atoms with Gasteiger partial charge in [0, 0.05) is 28.0 Å². The third-order valence-corrected chi connectivity index (χ3v) is 8.58. The second-order valence-corrected chi connectivity index (χ2v) is 11.0. The molecular formula is C40H25N3. The van der Waals surface area contributed by atoms with Crippen LogP contribution in [0, 0.1) is 0 Å². The van der Waals surface area contributed by atoms with Crippen LogP contribution in [0.5, 0.6) is 0 Å². The van der Waals surface area contributed by atoms with Crippen LogP contribution in [-0.2, 0) is 0 Å². The minimum Gasteiger partial charge on any atom is -0.294 e. The molecule has 43 heavy (non-hydrogen) atoms. The highest BCUT2D eigenvalue weighted by molar-refractivity contribution is 6.30. The second-order valence-electron chi connectivity index (χ2n) is 11.0. The summed E-state index contributed by atoms with van der Waals surface area (Å²) in [5, 5.41) is 10.0. The number of rotatable bonds is 3. The summed E-state index contributed by atoms with van der Waals surface area (Å²) in [6, 6.07) is 53.6. The molecule has 3 nitrogen and oxygen atoms in total. The SMILES string of the molecule is c1ccc(-c2cc(-n3c4ccccc4c4c5c(ccc6c7ccccc7ccc65)ccc43)nc(-c3ccccc3)n2)cc1. The third kappa shape index (κ3) is 3.68. The molecule has 0 aliphatic rings. The van der Waals surface area contributed by atoms with Crippen LogP contribution in [0.1, 0.15) is 0 Å². The van der Waals surface area contributed by atoms with Gasteiger partial charge >= 0.3 is 0 Å². The van der Waals surface area contributed by atoms with E-state index in [4.69, 9.17) is 9.97 Å². The van der Waals surface area contributed by atoms with Gasteiger partial charge in [0.25, 0.3) is 0 Å². The number of hydrogen-bond acceptors (Lipinski definition) is 2. The van der Waals surface area contributed by atoms with Gasteiger partial charge in [-0.1, -0.05) is 133 Å². The van der Waals surface area contributed by atoms with Gasteiger partial charge in [-0.15, -0.1) is 0 Å². The molecular weight excluding hydrogens is 522 g/mol. The zero-order valence-electron chi connectivity index (χ0n) is 23.3. The van der Waals surface area contributed by atoms with E-state index < -0.39 is 0 Å². The Bertz CT molecular complexity index is 2440. The van der Waals surface area contributed by atoms with E-state index in [9.17, 15) is 0 Å². The van der Waals surface area contributed by atoms with Crippen molar-refractivity contribution in [3.63, 3.8) is 0 Å². The van der Waals surface area contributed by atoms with Crippen LogP contribution in [0.25, 0.3) is 82.6 Å². The van der Waals surface area contributed by atoms with Gasteiger partial charge in [-0.2, -0.15) is 0 Å². The standard InChI is InChI=1S/C40H25N3/c1-3-12-27(13-4-1)34-25-37(42-40(41-34)29-14-5-2-6-15-29)43-35-18-10-9-17-33(35)39-36(43)24-21-28-20-22-31-30-16-8-7-11-26(30)19-23-32(31)38(28)39/h1-25H. The van der Waals surface area contributed by atoms with Crippen LogP contribution in [0.4, 0.5) is 0 Å². The number of para-hydroxylation sites is 1. The van der Waals surface area contributed by atoms with E-state index >= 15 is 0 Å². The molecule has 0 radical (unpaired) electrons. The summed E-state index contributed by atoms with van der Waals surface area (Å²) in [4.78, 5) is 10.2.